The van der Waals surface area contributed by atoms with E-state index in [2.05, 4.69) is 61.1 Å². The summed E-state index contributed by atoms with van der Waals surface area (Å²) in [4.78, 5) is 0. The van der Waals surface area contributed by atoms with Crippen molar-refractivity contribution in [2.75, 3.05) is 12.5 Å². The third kappa shape index (κ3) is 2.32. The SMILES string of the molecule is CS[Si](C)(SC)[Si](C)(C)C. The molecule has 0 aliphatic heterocycles. The van der Waals surface area contributed by atoms with E-state index in [1.807, 2.05) is 0 Å². The molecule has 0 nitrogen and oxygen atoms in total. The molecule has 0 saturated carbocycles. The van der Waals surface area contributed by atoms with E-state index in [4.69, 9.17) is 0 Å². The summed E-state index contributed by atoms with van der Waals surface area (Å²) in [6.07, 6.45) is 4.56. The molecule has 0 aromatic rings. The van der Waals surface area contributed by atoms with Gasteiger partial charge in [-0.15, -0.1) is 0 Å². The topological polar surface area (TPSA) is 0 Å². The van der Waals surface area contributed by atoms with Crippen LogP contribution in [0.15, 0.2) is 0 Å². The van der Waals surface area contributed by atoms with Crippen LogP contribution in [0.3, 0.4) is 0 Å². The Balaban J connectivity index is 4.33. The Morgan fingerprint density at radius 2 is 1.10 bits per heavy atom. The second-order valence-corrected chi connectivity index (χ2v) is 28.6. The third-order valence-corrected chi connectivity index (χ3v) is 37.0. The molecule has 0 spiro atoms. The molecule has 0 heterocycles. The van der Waals surface area contributed by atoms with Crippen molar-refractivity contribution >= 4 is 35.9 Å². The van der Waals surface area contributed by atoms with Gasteiger partial charge in [0.2, 0.25) is 0 Å². The number of hydrogen-bond acceptors (Lipinski definition) is 2. The quantitative estimate of drug-likeness (QED) is 0.656. The lowest BCUT2D eigenvalue weighted by atomic mass is 11.8. The van der Waals surface area contributed by atoms with E-state index in [0.717, 1.165) is 0 Å². The van der Waals surface area contributed by atoms with Gasteiger partial charge in [0.25, 0.3) is 0 Å². The monoisotopic (exact) mass is 210 g/mol. The van der Waals surface area contributed by atoms with Crippen molar-refractivity contribution < 1.29 is 0 Å². The summed E-state index contributed by atoms with van der Waals surface area (Å²) in [5, 5.41) is 0. The van der Waals surface area contributed by atoms with Gasteiger partial charge in [-0.2, -0.15) is 22.4 Å². The Bertz CT molecular complexity index is 105. The van der Waals surface area contributed by atoms with Gasteiger partial charge in [0.1, 0.15) is 0 Å². The molecule has 4 heteroatoms. The van der Waals surface area contributed by atoms with Crippen molar-refractivity contribution in [2.45, 2.75) is 26.2 Å². The summed E-state index contributed by atoms with van der Waals surface area (Å²) in [5.74, 6) is -0.927. The maximum absolute atomic E-state index is 2.51. The van der Waals surface area contributed by atoms with Crippen LogP contribution in [0, 0.1) is 0 Å². The molecule has 0 aromatic carbocycles. The minimum absolute atomic E-state index is 0.846. The molecule has 62 valence electrons. The molecule has 0 aliphatic rings. The zero-order valence-electron chi connectivity index (χ0n) is 7.82. The van der Waals surface area contributed by atoms with E-state index < -0.39 is 13.5 Å². The smallest absolute Gasteiger partial charge is 0.161 e. The lowest BCUT2D eigenvalue weighted by Gasteiger charge is -2.34. The molecule has 0 aliphatic carbocycles. The molecule has 0 N–H and O–H groups in total. The lowest BCUT2D eigenvalue weighted by Crippen LogP contribution is -2.49. The fraction of sp³-hybridized carbons (Fsp3) is 1.00. The van der Waals surface area contributed by atoms with E-state index >= 15 is 0 Å². The first-order chi connectivity index (χ1) is 4.37. The second kappa shape index (κ2) is 3.69. The molecule has 0 aromatic heterocycles. The van der Waals surface area contributed by atoms with Crippen LogP contribution in [0.25, 0.3) is 0 Å². The first-order valence-electron chi connectivity index (χ1n) is 3.47. The predicted octanol–water partition coefficient (Wildman–Crippen LogP) is 3.20. The maximum Gasteiger partial charge on any atom is 0.161 e. The molecule has 0 fully saturated rings. The lowest BCUT2D eigenvalue weighted by molar-refractivity contribution is 1.84. The summed E-state index contributed by atoms with van der Waals surface area (Å²) in [7, 11) is -0.846. The van der Waals surface area contributed by atoms with Crippen LogP contribution in [0.4, 0.5) is 0 Å². The molecule has 0 bridgehead atoms. The van der Waals surface area contributed by atoms with Crippen LogP contribution in [0.5, 0.6) is 0 Å². The van der Waals surface area contributed by atoms with Gasteiger partial charge in [0, 0.05) is 0 Å². The summed E-state index contributed by atoms with van der Waals surface area (Å²) < 4.78 is 0. The van der Waals surface area contributed by atoms with E-state index in [1.54, 1.807) is 0 Å². The zero-order chi connectivity index (χ0) is 8.41. The van der Waals surface area contributed by atoms with Crippen LogP contribution in [-0.4, -0.2) is 26.0 Å². The molecule has 0 atom stereocenters. The van der Waals surface area contributed by atoms with Crippen LogP contribution >= 0.6 is 22.4 Å². The van der Waals surface area contributed by atoms with Crippen LogP contribution in [0.1, 0.15) is 0 Å². The van der Waals surface area contributed by atoms with E-state index in [9.17, 15) is 0 Å². The Morgan fingerprint density at radius 1 is 0.800 bits per heavy atom. The summed E-state index contributed by atoms with van der Waals surface area (Å²) >= 11 is 4.29. The number of rotatable bonds is 3. The van der Waals surface area contributed by atoms with Gasteiger partial charge < -0.3 is 0 Å². The van der Waals surface area contributed by atoms with Crippen molar-refractivity contribution in [3.63, 3.8) is 0 Å². The third-order valence-electron chi connectivity index (χ3n) is 2.14. The average Bonchev–Trinajstić information content (AvgIpc) is 1.84. The van der Waals surface area contributed by atoms with Crippen LogP contribution in [-0.2, 0) is 0 Å². The van der Waals surface area contributed by atoms with Crippen LogP contribution in [0.2, 0.25) is 26.2 Å². The summed E-state index contributed by atoms with van der Waals surface area (Å²) in [6, 6.07) is 0. The van der Waals surface area contributed by atoms with Crippen LogP contribution < -0.4 is 0 Å². The summed E-state index contributed by atoms with van der Waals surface area (Å²) in [6.45, 7) is 9.99. The van der Waals surface area contributed by atoms with Gasteiger partial charge >= 0.3 is 0 Å². The zero-order valence-corrected chi connectivity index (χ0v) is 11.4. The first-order valence-corrected chi connectivity index (χ1v) is 14.4. The predicted molar refractivity (Wildman–Crippen MR) is 62.0 cm³/mol. The van der Waals surface area contributed by atoms with Crippen molar-refractivity contribution in [3.05, 3.63) is 0 Å². The van der Waals surface area contributed by atoms with E-state index in [-0.39, 0.29) is 0 Å². The minimum Gasteiger partial charge on any atom is -0.179 e. The second-order valence-electron chi connectivity index (χ2n) is 3.60. The molecular formula is C6H18S2Si2. The van der Waals surface area contributed by atoms with Crippen molar-refractivity contribution in [1.29, 1.82) is 0 Å². The average molecular weight is 211 g/mol. The maximum atomic E-state index is 2.51. The fourth-order valence-electron chi connectivity index (χ4n) is 0.696. The summed E-state index contributed by atoms with van der Waals surface area (Å²) in [5.41, 5.74) is 0. The molecular weight excluding hydrogens is 192 g/mol. The van der Waals surface area contributed by atoms with Crippen molar-refractivity contribution in [3.8, 4) is 0 Å². The van der Waals surface area contributed by atoms with E-state index in [0.29, 0.717) is 0 Å². The van der Waals surface area contributed by atoms with Gasteiger partial charge in [-0.05, 0) is 12.5 Å². The first kappa shape index (κ1) is 11.1. The van der Waals surface area contributed by atoms with E-state index in [1.165, 1.54) is 0 Å². The highest BCUT2D eigenvalue weighted by Crippen LogP contribution is 2.36. The molecule has 0 rings (SSSR count). The largest absolute Gasteiger partial charge is 0.179 e. The standard InChI is InChI=1S/C6H18S2Si2/c1-7-10(6,8-2)9(3,4)5/h1-6H3. The van der Waals surface area contributed by atoms with Crippen molar-refractivity contribution in [2.24, 2.45) is 0 Å². The molecule has 10 heavy (non-hydrogen) atoms. The highest BCUT2D eigenvalue weighted by molar-refractivity contribution is 8.64. The van der Waals surface area contributed by atoms with Gasteiger partial charge in [0.05, 0.1) is 7.59 Å². The van der Waals surface area contributed by atoms with Gasteiger partial charge in [-0.25, -0.2) is 0 Å². The highest BCUT2D eigenvalue weighted by Gasteiger charge is 2.40. The molecule has 0 radical (unpaired) electrons. The van der Waals surface area contributed by atoms with Gasteiger partial charge in [-0.3, -0.25) is 0 Å². The Labute approximate surface area is 74.6 Å². The number of hydrogen-bond donors (Lipinski definition) is 0. The molecule has 0 amide bonds. The minimum atomic E-state index is -0.927. The van der Waals surface area contributed by atoms with Gasteiger partial charge in [-0.1, -0.05) is 26.2 Å². The molecule has 0 unspecified atom stereocenters. The normalized spacial score (nSPS) is 13.8. The van der Waals surface area contributed by atoms with Crippen molar-refractivity contribution in [1.82, 2.24) is 0 Å². The van der Waals surface area contributed by atoms with Gasteiger partial charge in [0.15, 0.2) is 5.89 Å². The molecule has 0 saturated heterocycles. The Kier molecular flexibility index (Phi) is 4.11. The highest BCUT2D eigenvalue weighted by atomic mass is 32.6. The Morgan fingerprint density at radius 3 is 1.10 bits per heavy atom. The fourth-order valence-corrected chi connectivity index (χ4v) is 18.8. The Hall–Kier alpha value is 1.13.